The van der Waals surface area contributed by atoms with Gasteiger partial charge in [0.05, 0.1) is 12.6 Å². The normalized spacial score (nSPS) is 27.8. The lowest BCUT2D eigenvalue weighted by atomic mass is 9.90. The third-order valence-corrected chi connectivity index (χ3v) is 6.83. The van der Waals surface area contributed by atoms with Crippen LogP contribution in [-0.2, 0) is 13.6 Å². The van der Waals surface area contributed by atoms with Gasteiger partial charge in [0, 0.05) is 38.6 Å². The van der Waals surface area contributed by atoms with Gasteiger partial charge in [0.1, 0.15) is 11.6 Å². The summed E-state index contributed by atoms with van der Waals surface area (Å²) in [5, 5.41) is 18.8. The average molecular weight is 362 g/mol. The fourth-order valence-electron chi connectivity index (χ4n) is 5.14. The van der Waals surface area contributed by atoms with Gasteiger partial charge < -0.3 is 9.67 Å². The summed E-state index contributed by atoms with van der Waals surface area (Å²) in [6.07, 6.45) is 11.2. The standard InChI is InChI=1S/C20H35N5O/c1-23-19(15-24-12-9-18(26)10-13-24)21-22-20(23)16-6-5-11-25(14-16)17-7-3-2-4-8-17/h16-18,26H,2-15H2,1H3/t16-/m1/s1. The van der Waals surface area contributed by atoms with Crippen LogP contribution in [0.2, 0.25) is 0 Å². The Balaban J connectivity index is 1.38. The van der Waals surface area contributed by atoms with Crippen molar-refractivity contribution < 1.29 is 5.11 Å². The van der Waals surface area contributed by atoms with Gasteiger partial charge in [-0.3, -0.25) is 9.80 Å². The van der Waals surface area contributed by atoms with Crippen LogP contribution in [-0.4, -0.2) is 68.0 Å². The van der Waals surface area contributed by atoms with Crippen molar-refractivity contribution in [3.05, 3.63) is 11.6 Å². The van der Waals surface area contributed by atoms with E-state index >= 15 is 0 Å². The lowest BCUT2D eigenvalue weighted by Gasteiger charge is -2.39. The number of likely N-dealkylation sites (tertiary alicyclic amines) is 2. The van der Waals surface area contributed by atoms with Gasteiger partial charge in [-0.2, -0.15) is 0 Å². The van der Waals surface area contributed by atoms with Crippen LogP contribution in [0.1, 0.15) is 75.4 Å². The summed E-state index contributed by atoms with van der Waals surface area (Å²) in [5.41, 5.74) is 0. The second-order valence-electron chi connectivity index (χ2n) is 8.67. The first kappa shape index (κ1) is 18.4. The van der Waals surface area contributed by atoms with E-state index in [4.69, 9.17) is 0 Å². The molecular formula is C20H35N5O. The Labute approximate surface area is 157 Å². The molecule has 3 aliphatic rings. The Hall–Kier alpha value is -0.980. The molecule has 26 heavy (non-hydrogen) atoms. The molecule has 6 heteroatoms. The number of aromatic nitrogens is 3. The second kappa shape index (κ2) is 8.36. The molecule has 6 nitrogen and oxygen atoms in total. The van der Waals surface area contributed by atoms with Crippen molar-refractivity contribution in [3.63, 3.8) is 0 Å². The molecule has 0 spiro atoms. The van der Waals surface area contributed by atoms with Gasteiger partial charge in [-0.05, 0) is 45.1 Å². The van der Waals surface area contributed by atoms with Crippen molar-refractivity contribution >= 4 is 0 Å². The Morgan fingerprint density at radius 1 is 0.923 bits per heavy atom. The molecule has 1 saturated carbocycles. The number of hydrogen-bond donors (Lipinski definition) is 1. The molecule has 3 heterocycles. The minimum atomic E-state index is -0.116. The van der Waals surface area contributed by atoms with Crippen LogP contribution in [0.15, 0.2) is 0 Å². The maximum Gasteiger partial charge on any atom is 0.146 e. The Morgan fingerprint density at radius 3 is 2.46 bits per heavy atom. The van der Waals surface area contributed by atoms with E-state index in [2.05, 4.69) is 31.6 Å². The monoisotopic (exact) mass is 361 g/mol. The number of nitrogens with zero attached hydrogens (tertiary/aromatic N) is 5. The molecular weight excluding hydrogens is 326 g/mol. The van der Waals surface area contributed by atoms with Gasteiger partial charge in [0.2, 0.25) is 0 Å². The predicted octanol–water partition coefficient (Wildman–Crippen LogP) is 2.28. The van der Waals surface area contributed by atoms with Crippen LogP contribution < -0.4 is 0 Å². The van der Waals surface area contributed by atoms with Crippen molar-refractivity contribution in [2.24, 2.45) is 7.05 Å². The second-order valence-corrected chi connectivity index (χ2v) is 8.67. The lowest BCUT2D eigenvalue weighted by molar-refractivity contribution is 0.0775. The Bertz CT molecular complexity index is 575. The number of rotatable bonds is 4. The summed E-state index contributed by atoms with van der Waals surface area (Å²) >= 11 is 0. The molecule has 2 saturated heterocycles. The van der Waals surface area contributed by atoms with Gasteiger partial charge >= 0.3 is 0 Å². The van der Waals surface area contributed by atoms with Crippen LogP contribution in [0.25, 0.3) is 0 Å². The molecule has 1 aromatic heterocycles. The summed E-state index contributed by atoms with van der Waals surface area (Å²) in [6.45, 7) is 5.20. The highest BCUT2D eigenvalue weighted by Gasteiger charge is 2.30. The maximum absolute atomic E-state index is 9.69. The third-order valence-electron chi connectivity index (χ3n) is 6.83. The molecule has 0 bridgehead atoms. The smallest absolute Gasteiger partial charge is 0.146 e. The number of aliphatic hydroxyl groups is 1. The largest absolute Gasteiger partial charge is 0.393 e. The molecule has 1 aromatic rings. The molecule has 1 N–H and O–H groups in total. The van der Waals surface area contributed by atoms with E-state index in [-0.39, 0.29) is 6.10 Å². The first-order valence-corrected chi connectivity index (χ1v) is 10.7. The fraction of sp³-hybridized carbons (Fsp3) is 0.900. The molecule has 146 valence electrons. The molecule has 0 aromatic carbocycles. The van der Waals surface area contributed by atoms with E-state index in [1.807, 2.05) is 0 Å². The Morgan fingerprint density at radius 2 is 1.69 bits per heavy atom. The summed E-state index contributed by atoms with van der Waals surface area (Å²) < 4.78 is 2.25. The summed E-state index contributed by atoms with van der Waals surface area (Å²) in [5.74, 6) is 2.78. The van der Waals surface area contributed by atoms with Gasteiger partial charge in [-0.15, -0.1) is 10.2 Å². The zero-order valence-electron chi connectivity index (χ0n) is 16.3. The van der Waals surface area contributed by atoms with Crippen LogP contribution in [0, 0.1) is 0 Å². The highest BCUT2D eigenvalue weighted by Crippen LogP contribution is 2.31. The van der Waals surface area contributed by atoms with Gasteiger partial charge in [0.15, 0.2) is 0 Å². The van der Waals surface area contributed by atoms with Crippen LogP contribution in [0.3, 0.4) is 0 Å². The number of aliphatic hydroxyl groups excluding tert-OH is 1. The highest BCUT2D eigenvalue weighted by atomic mass is 16.3. The quantitative estimate of drug-likeness (QED) is 0.892. The molecule has 0 radical (unpaired) electrons. The minimum absolute atomic E-state index is 0.116. The van der Waals surface area contributed by atoms with Crippen molar-refractivity contribution in [2.45, 2.75) is 82.4 Å². The first-order valence-electron chi connectivity index (χ1n) is 10.7. The molecule has 3 fully saturated rings. The van der Waals surface area contributed by atoms with Crippen LogP contribution >= 0.6 is 0 Å². The van der Waals surface area contributed by atoms with Gasteiger partial charge in [-0.25, -0.2) is 0 Å². The predicted molar refractivity (Wildman–Crippen MR) is 102 cm³/mol. The molecule has 4 rings (SSSR count). The van der Waals surface area contributed by atoms with E-state index in [1.54, 1.807) is 0 Å². The van der Waals surface area contributed by atoms with Crippen molar-refractivity contribution in [1.29, 1.82) is 0 Å². The van der Waals surface area contributed by atoms with Crippen LogP contribution in [0.4, 0.5) is 0 Å². The summed E-state index contributed by atoms with van der Waals surface area (Å²) in [6, 6.07) is 0.805. The zero-order chi connectivity index (χ0) is 17.9. The molecule has 1 atom stereocenters. The minimum Gasteiger partial charge on any atom is -0.393 e. The number of hydrogen-bond acceptors (Lipinski definition) is 5. The zero-order valence-corrected chi connectivity index (χ0v) is 16.3. The summed E-state index contributed by atoms with van der Waals surface area (Å²) in [7, 11) is 2.14. The molecule has 1 aliphatic carbocycles. The van der Waals surface area contributed by atoms with E-state index in [0.29, 0.717) is 5.92 Å². The van der Waals surface area contributed by atoms with E-state index in [1.165, 1.54) is 57.3 Å². The van der Waals surface area contributed by atoms with Crippen LogP contribution in [0.5, 0.6) is 0 Å². The van der Waals surface area contributed by atoms with E-state index in [0.717, 1.165) is 50.9 Å². The van der Waals surface area contributed by atoms with Gasteiger partial charge in [-0.1, -0.05) is 19.3 Å². The lowest BCUT2D eigenvalue weighted by Crippen LogP contribution is -2.43. The Kier molecular flexibility index (Phi) is 5.91. The molecule has 0 amide bonds. The summed E-state index contributed by atoms with van der Waals surface area (Å²) in [4.78, 5) is 5.14. The SMILES string of the molecule is Cn1c(CN2CCC(O)CC2)nnc1[C@@H]1CCCN(C2CCCCC2)C1. The highest BCUT2D eigenvalue weighted by molar-refractivity contribution is 5.04. The first-order chi connectivity index (χ1) is 12.7. The fourth-order valence-corrected chi connectivity index (χ4v) is 5.14. The van der Waals surface area contributed by atoms with E-state index < -0.39 is 0 Å². The maximum atomic E-state index is 9.69. The third kappa shape index (κ3) is 4.12. The number of piperidine rings is 2. The van der Waals surface area contributed by atoms with Crippen molar-refractivity contribution in [3.8, 4) is 0 Å². The van der Waals surface area contributed by atoms with Crippen molar-refractivity contribution in [2.75, 3.05) is 26.2 Å². The topological polar surface area (TPSA) is 57.4 Å². The van der Waals surface area contributed by atoms with Crippen molar-refractivity contribution in [1.82, 2.24) is 24.6 Å². The molecule has 0 unspecified atom stereocenters. The van der Waals surface area contributed by atoms with Gasteiger partial charge in [0.25, 0.3) is 0 Å². The van der Waals surface area contributed by atoms with E-state index in [9.17, 15) is 5.11 Å². The average Bonchev–Trinajstić information content (AvgIpc) is 3.05. The molecule has 2 aliphatic heterocycles.